The lowest BCUT2D eigenvalue weighted by molar-refractivity contribution is -0.0250. The molecule has 0 aromatic heterocycles. The van der Waals surface area contributed by atoms with Crippen LogP contribution in [0.15, 0.2) is 0 Å². The molecule has 4 saturated carbocycles. The van der Waals surface area contributed by atoms with Gasteiger partial charge in [-0.05, 0) is 56.3 Å². The number of hydrogen-bond donors (Lipinski definition) is 2. The lowest BCUT2D eigenvalue weighted by atomic mass is 9.51. The summed E-state index contributed by atoms with van der Waals surface area (Å²) in [7, 11) is -3.15. The molecule has 4 fully saturated rings. The van der Waals surface area contributed by atoms with Gasteiger partial charge in [-0.1, -0.05) is 51.9 Å². The molecule has 2 atom stereocenters. The minimum absolute atomic E-state index is 0.161. The Morgan fingerprint density at radius 1 is 0.920 bits per heavy atom. The average molecular weight is 371 g/mol. The maximum Gasteiger partial charge on any atom is 0.212 e. The minimum atomic E-state index is -3.15. The fraction of sp³-hybridized carbons (Fsp3) is 1.00. The number of unbranched alkanes of at least 4 members (excludes halogenated alkanes) is 7. The fourth-order valence-corrected chi connectivity index (χ4v) is 7.59. The molecule has 0 amide bonds. The van der Waals surface area contributed by atoms with Gasteiger partial charge in [-0.2, -0.15) is 0 Å². The van der Waals surface area contributed by atoms with Gasteiger partial charge in [0.15, 0.2) is 0 Å². The summed E-state index contributed by atoms with van der Waals surface area (Å²) in [6.45, 7) is 2.23. The standard InChI is InChI=1S/C20H38N2O2S/c1-2-3-4-5-6-7-8-9-10-25(23,24)22-20-13-16-11-17(14-20)19(21)18(12-16)15-20/h16-19,22H,2-15,21H2,1H3. The van der Waals surface area contributed by atoms with Crippen molar-refractivity contribution in [2.75, 3.05) is 5.75 Å². The maximum absolute atomic E-state index is 12.6. The molecule has 4 nitrogen and oxygen atoms in total. The number of nitrogens with two attached hydrogens (primary N) is 1. The molecule has 0 aromatic carbocycles. The molecule has 0 aromatic rings. The molecule has 0 spiro atoms. The second-order valence-corrected chi connectivity index (χ2v) is 11.1. The van der Waals surface area contributed by atoms with E-state index in [4.69, 9.17) is 5.73 Å². The van der Waals surface area contributed by atoms with Crippen LogP contribution in [0.5, 0.6) is 0 Å². The Labute approximate surface area is 154 Å². The molecule has 2 unspecified atom stereocenters. The SMILES string of the molecule is CCCCCCCCCCS(=O)(=O)NC12CC3CC(C1)C(N)C(C3)C2. The van der Waals surface area contributed by atoms with Crippen LogP contribution in [-0.2, 0) is 10.0 Å². The first kappa shape index (κ1) is 19.6. The molecular formula is C20H38N2O2S. The summed E-state index contributed by atoms with van der Waals surface area (Å²) in [6, 6.07) is 0.307. The minimum Gasteiger partial charge on any atom is -0.327 e. The molecule has 0 aliphatic heterocycles. The first-order valence-corrected chi connectivity index (χ1v) is 12.4. The van der Waals surface area contributed by atoms with Gasteiger partial charge in [-0.3, -0.25) is 0 Å². The highest BCUT2D eigenvalue weighted by Gasteiger charge is 2.55. The van der Waals surface area contributed by atoms with E-state index in [1.165, 1.54) is 51.4 Å². The van der Waals surface area contributed by atoms with E-state index in [2.05, 4.69) is 11.6 Å². The monoisotopic (exact) mass is 370 g/mol. The van der Waals surface area contributed by atoms with Crippen molar-refractivity contribution in [1.82, 2.24) is 4.72 Å². The Kier molecular flexibility index (Phi) is 6.49. The van der Waals surface area contributed by atoms with Crippen LogP contribution in [0.1, 0.15) is 90.4 Å². The lowest BCUT2D eigenvalue weighted by Gasteiger charge is -2.59. The topological polar surface area (TPSA) is 72.2 Å². The van der Waals surface area contributed by atoms with Crippen molar-refractivity contribution in [1.29, 1.82) is 0 Å². The molecule has 146 valence electrons. The van der Waals surface area contributed by atoms with Gasteiger partial charge in [0.05, 0.1) is 5.75 Å². The van der Waals surface area contributed by atoms with E-state index in [1.807, 2.05) is 0 Å². The Balaban J connectivity index is 1.40. The highest BCUT2D eigenvalue weighted by Crippen LogP contribution is 2.55. The van der Waals surface area contributed by atoms with Gasteiger partial charge in [-0.25, -0.2) is 13.1 Å². The highest BCUT2D eigenvalue weighted by molar-refractivity contribution is 7.89. The molecule has 4 aliphatic carbocycles. The first-order chi connectivity index (χ1) is 11.9. The van der Waals surface area contributed by atoms with Crippen molar-refractivity contribution >= 4 is 10.0 Å². The van der Waals surface area contributed by atoms with Crippen LogP contribution in [-0.4, -0.2) is 25.8 Å². The van der Waals surface area contributed by atoms with Crippen molar-refractivity contribution in [3.05, 3.63) is 0 Å². The molecule has 0 saturated heterocycles. The number of rotatable bonds is 11. The fourth-order valence-electron chi connectivity index (χ4n) is 6.00. The lowest BCUT2D eigenvalue weighted by Crippen LogP contribution is -2.65. The molecular weight excluding hydrogens is 332 g/mol. The third-order valence-corrected chi connectivity index (χ3v) is 8.55. The Hall–Kier alpha value is -0.130. The van der Waals surface area contributed by atoms with Crippen molar-refractivity contribution in [3.63, 3.8) is 0 Å². The summed E-state index contributed by atoms with van der Waals surface area (Å²) in [6.07, 6.45) is 14.9. The molecule has 3 N–H and O–H groups in total. The molecule has 4 bridgehead atoms. The summed E-state index contributed by atoms with van der Waals surface area (Å²) in [5, 5.41) is 0. The predicted molar refractivity (Wildman–Crippen MR) is 104 cm³/mol. The molecule has 4 rings (SSSR count). The van der Waals surface area contributed by atoms with Crippen molar-refractivity contribution in [2.24, 2.45) is 23.5 Å². The Morgan fingerprint density at radius 2 is 1.48 bits per heavy atom. The van der Waals surface area contributed by atoms with Crippen molar-refractivity contribution < 1.29 is 8.42 Å². The van der Waals surface area contributed by atoms with E-state index < -0.39 is 10.0 Å². The zero-order chi connectivity index (χ0) is 17.9. The summed E-state index contributed by atoms with van der Waals surface area (Å²) in [5.41, 5.74) is 6.21. The van der Waals surface area contributed by atoms with Crippen LogP contribution >= 0.6 is 0 Å². The molecule has 0 heterocycles. The second-order valence-electron chi connectivity index (χ2n) is 9.22. The third-order valence-electron chi connectivity index (χ3n) is 6.98. The van der Waals surface area contributed by atoms with Gasteiger partial charge in [-0.15, -0.1) is 0 Å². The van der Waals surface area contributed by atoms with E-state index in [0.717, 1.165) is 32.1 Å². The van der Waals surface area contributed by atoms with Crippen LogP contribution in [0, 0.1) is 17.8 Å². The zero-order valence-electron chi connectivity index (χ0n) is 16.0. The number of nitrogens with one attached hydrogen (secondary N) is 1. The molecule has 25 heavy (non-hydrogen) atoms. The van der Waals surface area contributed by atoms with E-state index in [9.17, 15) is 8.42 Å². The normalized spacial score (nSPS) is 36.9. The summed E-state index contributed by atoms with van der Waals surface area (Å²) in [4.78, 5) is 0. The summed E-state index contributed by atoms with van der Waals surface area (Å²) < 4.78 is 28.4. The summed E-state index contributed by atoms with van der Waals surface area (Å²) in [5.74, 6) is 2.08. The third kappa shape index (κ3) is 4.98. The van der Waals surface area contributed by atoms with E-state index in [1.54, 1.807) is 0 Å². The van der Waals surface area contributed by atoms with E-state index in [0.29, 0.717) is 29.5 Å². The predicted octanol–water partition coefficient (Wildman–Crippen LogP) is 3.95. The van der Waals surface area contributed by atoms with Crippen LogP contribution < -0.4 is 10.5 Å². The average Bonchev–Trinajstić information content (AvgIpc) is 2.53. The van der Waals surface area contributed by atoms with Gasteiger partial charge in [0.1, 0.15) is 0 Å². The molecule has 4 aliphatic rings. The van der Waals surface area contributed by atoms with Gasteiger partial charge < -0.3 is 5.73 Å². The highest BCUT2D eigenvalue weighted by atomic mass is 32.2. The number of hydrogen-bond acceptors (Lipinski definition) is 3. The Morgan fingerprint density at radius 3 is 2.08 bits per heavy atom. The van der Waals surface area contributed by atoms with E-state index in [-0.39, 0.29) is 5.54 Å². The van der Waals surface area contributed by atoms with Gasteiger partial charge in [0, 0.05) is 11.6 Å². The number of sulfonamides is 1. The first-order valence-electron chi connectivity index (χ1n) is 10.7. The zero-order valence-corrected chi connectivity index (χ0v) is 16.8. The van der Waals surface area contributed by atoms with Crippen LogP contribution in [0.3, 0.4) is 0 Å². The van der Waals surface area contributed by atoms with Crippen molar-refractivity contribution in [2.45, 2.75) is 102 Å². The largest absolute Gasteiger partial charge is 0.327 e. The second kappa shape index (κ2) is 8.26. The van der Waals surface area contributed by atoms with Gasteiger partial charge in [0.25, 0.3) is 0 Å². The van der Waals surface area contributed by atoms with Gasteiger partial charge >= 0.3 is 0 Å². The van der Waals surface area contributed by atoms with Crippen molar-refractivity contribution in [3.8, 4) is 0 Å². The van der Waals surface area contributed by atoms with Crippen LogP contribution in [0.4, 0.5) is 0 Å². The maximum atomic E-state index is 12.6. The van der Waals surface area contributed by atoms with E-state index >= 15 is 0 Å². The molecule has 5 heteroatoms. The van der Waals surface area contributed by atoms with Crippen LogP contribution in [0.2, 0.25) is 0 Å². The smallest absolute Gasteiger partial charge is 0.212 e. The summed E-state index contributed by atoms with van der Waals surface area (Å²) >= 11 is 0. The molecule has 0 radical (unpaired) electrons. The quantitative estimate of drug-likeness (QED) is 0.541. The van der Waals surface area contributed by atoms with Crippen LogP contribution in [0.25, 0.3) is 0 Å². The van der Waals surface area contributed by atoms with Gasteiger partial charge in [0.2, 0.25) is 10.0 Å². The Bertz CT molecular complexity index is 518.